The molecule has 1 aromatic carbocycles. The summed E-state index contributed by atoms with van der Waals surface area (Å²) >= 11 is 5.32. The molecule has 0 saturated carbocycles. The highest BCUT2D eigenvalue weighted by atomic mass is 32.1. The van der Waals surface area contributed by atoms with Crippen LogP contribution in [0.5, 0.6) is 0 Å². The number of thiocarbonyl (C=S) groups is 1. The minimum absolute atomic E-state index is 0.0462. The van der Waals surface area contributed by atoms with Gasteiger partial charge in [0, 0.05) is 6.54 Å². The lowest BCUT2D eigenvalue weighted by Gasteiger charge is -2.15. The summed E-state index contributed by atoms with van der Waals surface area (Å²) < 4.78 is 0. The normalized spacial score (nSPS) is 12.0. The van der Waals surface area contributed by atoms with E-state index < -0.39 is 0 Å². The van der Waals surface area contributed by atoms with Crippen molar-refractivity contribution in [3.8, 4) is 0 Å². The molecule has 2 N–H and O–H groups in total. The third kappa shape index (κ3) is 15.5. The highest BCUT2D eigenvalue weighted by molar-refractivity contribution is 7.80. The molecule has 0 aliphatic heterocycles. The van der Waals surface area contributed by atoms with Crippen LogP contribution in [0.1, 0.15) is 135 Å². The average molecular weight is 489 g/mol. The Morgan fingerprint density at radius 3 is 1.71 bits per heavy atom. The van der Waals surface area contributed by atoms with E-state index >= 15 is 0 Å². The van der Waals surface area contributed by atoms with E-state index in [0.29, 0.717) is 11.0 Å². The van der Waals surface area contributed by atoms with Gasteiger partial charge in [0.1, 0.15) is 0 Å². The van der Waals surface area contributed by atoms with Gasteiger partial charge in [-0.3, -0.25) is 4.79 Å². The highest BCUT2D eigenvalue weighted by Crippen LogP contribution is 2.18. The zero-order chi connectivity index (χ0) is 25.0. The van der Waals surface area contributed by atoms with E-state index in [4.69, 9.17) is 12.2 Å². The van der Waals surface area contributed by atoms with E-state index in [1.54, 1.807) is 0 Å². The summed E-state index contributed by atoms with van der Waals surface area (Å²) in [4.78, 5) is 12.5. The van der Waals surface area contributed by atoms with Crippen LogP contribution in [0.2, 0.25) is 0 Å². The summed E-state index contributed by atoms with van der Waals surface area (Å²) in [5.74, 6) is 0.374. The summed E-state index contributed by atoms with van der Waals surface area (Å²) in [6.45, 7) is 9.48. The predicted molar refractivity (Wildman–Crippen MR) is 152 cm³/mol. The minimum Gasteiger partial charge on any atom is -0.362 e. The quantitative estimate of drug-likeness (QED) is 0.151. The van der Waals surface area contributed by atoms with Crippen LogP contribution in [-0.4, -0.2) is 17.6 Å². The van der Waals surface area contributed by atoms with E-state index in [-0.39, 0.29) is 11.8 Å². The molecule has 0 aliphatic carbocycles. The third-order valence-electron chi connectivity index (χ3n) is 6.57. The first-order valence-electron chi connectivity index (χ1n) is 14.1. The molecule has 1 atom stereocenters. The second-order valence-corrected chi connectivity index (χ2v) is 10.8. The van der Waals surface area contributed by atoms with E-state index in [1.165, 1.54) is 89.0 Å². The van der Waals surface area contributed by atoms with Crippen LogP contribution in [0.3, 0.4) is 0 Å². The Hall–Kier alpha value is -1.42. The second-order valence-electron chi connectivity index (χ2n) is 10.4. The van der Waals surface area contributed by atoms with Crippen molar-refractivity contribution in [3.05, 3.63) is 35.4 Å². The van der Waals surface area contributed by atoms with Crippen LogP contribution < -0.4 is 10.6 Å². The number of carbonyl (C=O) groups excluding carboxylic acids is 1. The zero-order valence-electron chi connectivity index (χ0n) is 22.6. The van der Waals surface area contributed by atoms with Crippen molar-refractivity contribution >= 4 is 23.2 Å². The van der Waals surface area contributed by atoms with Crippen LogP contribution in [0.4, 0.5) is 0 Å². The Labute approximate surface area is 216 Å². The average Bonchev–Trinajstić information content (AvgIpc) is 2.81. The number of hydrogen-bond acceptors (Lipinski definition) is 2. The van der Waals surface area contributed by atoms with Gasteiger partial charge in [-0.1, -0.05) is 129 Å². The summed E-state index contributed by atoms with van der Waals surface area (Å²) in [6.07, 6.45) is 20.1. The lowest BCUT2D eigenvalue weighted by molar-refractivity contribution is -0.120. The first kappa shape index (κ1) is 30.6. The SMILES string of the molecule is CCCCCCCCCCCCCCCCNC(=S)NC(=O)C(C)c1ccc(CC(C)C)cc1. The Bertz CT molecular complexity index is 656. The van der Waals surface area contributed by atoms with Gasteiger partial charge in [0.15, 0.2) is 5.11 Å². The molecule has 0 aromatic heterocycles. The molecular formula is C30H52N2OS. The molecule has 3 nitrogen and oxygen atoms in total. The predicted octanol–water partition coefficient (Wildman–Crippen LogP) is 8.46. The fraction of sp³-hybridized carbons (Fsp3) is 0.733. The van der Waals surface area contributed by atoms with Crippen LogP contribution in [0, 0.1) is 5.92 Å². The number of hydrogen-bond donors (Lipinski definition) is 2. The number of nitrogens with one attached hydrogen (secondary N) is 2. The molecule has 0 bridgehead atoms. The fourth-order valence-electron chi connectivity index (χ4n) is 4.35. The van der Waals surface area contributed by atoms with Gasteiger partial charge in [0.25, 0.3) is 0 Å². The molecule has 1 aromatic rings. The molecule has 0 fully saturated rings. The molecule has 4 heteroatoms. The highest BCUT2D eigenvalue weighted by Gasteiger charge is 2.16. The number of carbonyl (C=O) groups is 1. The zero-order valence-corrected chi connectivity index (χ0v) is 23.4. The second kappa shape index (κ2) is 19.8. The standard InChI is InChI=1S/C30H52N2OS/c1-5-6-7-8-9-10-11-12-13-14-15-16-17-18-23-31-30(34)32-29(33)26(4)28-21-19-27(20-22-28)24-25(2)3/h19-22,25-26H,5-18,23-24H2,1-4H3,(H2,31,32,33,34). The largest absolute Gasteiger partial charge is 0.362 e. The maximum atomic E-state index is 12.5. The molecule has 34 heavy (non-hydrogen) atoms. The lowest BCUT2D eigenvalue weighted by atomic mass is 9.96. The molecule has 0 saturated heterocycles. The monoisotopic (exact) mass is 488 g/mol. The van der Waals surface area contributed by atoms with E-state index in [9.17, 15) is 4.79 Å². The maximum Gasteiger partial charge on any atom is 0.233 e. The number of amides is 1. The summed E-state index contributed by atoms with van der Waals surface area (Å²) in [6, 6.07) is 8.39. The van der Waals surface area contributed by atoms with Crippen LogP contribution >= 0.6 is 12.2 Å². The number of benzene rings is 1. The van der Waals surface area contributed by atoms with Gasteiger partial charge in [-0.2, -0.15) is 0 Å². The van der Waals surface area contributed by atoms with Gasteiger partial charge in [0.05, 0.1) is 5.92 Å². The van der Waals surface area contributed by atoms with E-state index in [2.05, 4.69) is 55.7 Å². The van der Waals surface area contributed by atoms with Crippen molar-refractivity contribution in [2.45, 2.75) is 130 Å². The molecular weight excluding hydrogens is 436 g/mol. The van der Waals surface area contributed by atoms with Gasteiger partial charge < -0.3 is 10.6 Å². The van der Waals surface area contributed by atoms with Crippen molar-refractivity contribution in [1.29, 1.82) is 0 Å². The molecule has 1 amide bonds. The Morgan fingerprint density at radius 1 is 0.765 bits per heavy atom. The van der Waals surface area contributed by atoms with Crippen molar-refractivity contribution in [2.24, 2.45) is 5.92 Å². The Kier molecular flexibility index (Phi) is 17.9. The van der Waals surface area contributed by atoms with E-state index in [0.717, 1.165) is 24.9 Å². The first-order valence-corrected chi connectivity index (χ1v) is 14.5. The molecule has 1 rings (SSSR count). The van der Waals surface area contributed by atoms with Crippen LogP contribution in [0.25, 0.3) is 0 Å². The van der Waals surface area contributed by atoms with Crippen molar-refractivity contribution in [2.75, 3.05) is 6.54 Å². The lowest BCUT2D eigenvalue weighted by Crippen LogP contribution is -2.41. The van der Waals surface area contributed by atoms with Gasteiger partial charge in [-0.15, -0.1) is 0 Å². The maximum absolute atomic E-state index is 12.5. The van der Waals surface area contributed by atoms with Gasteiger partial charge in [-0.25, -0.2) is 0 Å². The summed E-state index contributed by atoms with van der Waals surface area (Å²) in [5.41, 5.74) is 2.34. The van der Waals surface area contributed by atoms with Crippen LogP contribution in [0.15, 0.2) is 24.3 Å². The minimum atomic E-state index is -0.214. The van der Waals surface area contributed by atoms with Gasteiger partial charge >= 0.3 is 0 Å². The number of rotatable bonds is 19. The smallest absolute Gasteiger partial charge is 0.233 e. The van der Waals surface area contributed by atoms with Crippen molar-refractivity contribution in [3.63, 3.8) is 0 Å². The molecule has 0 spiro atoms. The topological polar surface area (TPSA) is 41.1 Å². The molecule has 0 heterocycles. The van der Waals surface area contributed by atoms with Crippen LogP contribution in [-0.2, 0) is 11.2 Å². The Balaban J connectivity index is 2.01. The third-order valence-corrected chi connectivity index (χ3v) is 6.82. The Morgan fingerprint density at radius 2 is 1.24 bits per heavy atom. The number of unbranched alkanes of at least 4 members (excludes halogenated alkanes) is 13. The molecule has 0 radical (unpaired) electrons. The van der Waals surface area contributed by atoms with Crippen molar-refractivity contribution < 1.29 is 4.79 Å². The summed E-state index contributed by atoms with van der Waals surface area (Å²) in [7, 11) is 0. The molecule has 0 aliphatic rings. The molecule has 194 valence electrons. The van der Waals surface area contributed by atoms with E-state index in [1.807, 2.05) is 6.92 Å². The fourth-order valence-corrected chi connectivity index (χ4v) is 4.55. The van der Waals surface area contributed by atoms with Gasteiger partial charge in [-0.05, 0) is 49.0 Å². The van der Waals surface area contributed by atoms with Gasteiger partial charge in [0.2, 0.25) is 5.91 Å². The summed E-state index contributed by atoms with van der Waals surface area (Å²) in [5, 5.41) is 6.50. The molecule has 1 unspecified atom stereocenters. The van der Waals surface area contributed by atoms with Crippen molar-refractivity contribution in [1.82, 2.24) is 10.6 Å². The first-order chi connectivity index (χ1) is 16.4.